The molecule has 1 aliphatic heterocycles. The van der Waals surface area contributed by atoms with E-state index in [9.17, 15) is 9.59 Å². The Kier molecular flexibility index (Phi) is 5.46. The fourth-order valence-electron chi connectivity index (χ4n) is 1.75. The van der Waals surface area contributed by atoms with Crippen LogP contribution in [0.2, 0.25) is 0 Å². The lowest BCUT2D eigenvalue weighted by atomic mass is 10.1. The van der Waals surface area contributed by atoms with Gasteiger partial charge >= 0.3 is 0 Å². The highest BCUT2D eigenvalue weighted by Gasteiger charge is 2.28. The number of nitrogens with one attached hydrogen (secondary N) is 3. The molecule has 1 rings (SSSR count). The molecule has 1 fully saturated rings. The number of hydrogen-bond acceptors (Lipinski definition) is 4. The van der Waals surface area contributed by atoms with Gasteiger partial charge in [0.1, 0.15) is 6.04 Å². The van der Waals surface area contributed by atoms with Crippen LogP contribution < -0.4 is 16.0 Å². The minimum atomic E-state index is -0.301. The Labute approximate surface area is 101 Å². The van der Waals surface area contributed by atoms with Crippen molar-refractivity contribution in [3.05, 3.63) is 0 Å². The van der Waals surface area contributed by atoms with Crippen LogP contribution in [-0.4, -0.2) is 62.5 Å². The second-order valence-electron chi connectivity index (χ2n) is 3.79. The number of piperazine rings is 1. The number of nitrogens with zero attached hydrogens (tertiary/aromatic N) is 1. The molecule has 6 heteroatoms. The van der Waals surface area contributed by atoms with E-state index >= 15 is 0 Å². The summed E-state index contributed by atoms with van der Waals surface area (Å²) in [7, 11) is 1.59. The van der Waals surface area contributed by atoms with Crippen molar-refractivity contribution in [2.24, 2.45) is 0 Å². The summed E-state index contributed by atoms with van der Waals surface area (Å²) >= 11 is 0. The van der Waals surface area contributed by atoms with Gasteiger partial charge in [-0.2, -0.15) is 0 Å². The van der Waals surface area contributed by atoms with Gasteiger partial charge in [-0.05, 0) is 0 Å². The minimum Gasteiger partial charge on any atom is -0.358 e. The lowest BCUT2D eigenvalue weighted by Gasteiger charge is -2.34. The summed E-state index contributed by atoms with van der Waals surface area (Å²) in [6, 6.07) is -0.301. The van der Waals surface area contributed by atoms with E-state index < -0.39 is 0 Å². The summed E-state index contributed by atoms with van der Waals surface area (Å²) in [4.78, 5) is 25.0. The number of terminal acetylenes is 1. The molecule has 0 spiro atoms. The molecule has 0 aromatic heterocycles. The number of carbonyl (C=O) groups is 2. The molecule has 0 bridgehead atoms. The van der Waals surface area contributed by atoms with E-state index in [0.717, 1.165) is 6.54 Å². The maximum absolute atomic E-state index is 11.6. The molecular formula is C11H18N4O2. The summed E-state index contributed by atoms with van der Waals surface area (Å²) in [6.45, 7) is 2.41. The second-order valence-corrected chi connectivity index (χ2v) is 3.79. The van der Waals surface area contributed by atoms with Gasteiger partial charge < -0.3 is 16.0 Å². The SMILES string of the molecule is C#CCNC(=O)CN1CCNCC1C(=O)NC. The Balaban J connectivity index is 2.51. The molecule has 0 saturated carbocycles. The summed E-state index contributed by atoms with van der Waals surface area (Å²) in [5.74, 6) is 2.10. The van der Waals surface area contributed by atoms with E-state index in [2.05, 4.69) is 21.9 Å². The zero-order valence-electron chi connectivity index (χ0n) is 9.95. The Morgan fingerprint density at radius 1 is 1.59 bits per heavy atom. The number of amides is 2. The van der Waals surface area contributed by atoms with Crippen molar-refractivity contribution in [1.29, 1.82) is 0 Å². The molecule has 94 valence electrons. The molecule has 1 saturated heterocycles. The van der Waals surface area contributed by atoms with Crippen LogP contribution >= 0.6 is 0 Å². The fraction of sp³-hybridized carbons (Fsp3) is 0.636. The topological polar surface area (TPSA) is 73.5 Å². The van der Waals surface area contributed by atoms with Gasteiger partial charge in [0, 0.05) is 26.7 Å². The van der Waals surface area contributed by atoms with Crippen molar-refractivity contribution < 1.29 is 9.59 Å². The van der Waals surface area contributed by atoms with Gasteiger partial charge in [-0.25, -0.2) is 0 Å². The number of carbonyl (C=O) groups excluding carboxylic acids is 2. The number of likely N-dealkylation sites (N-methyl/N-ethyl adjacent to an activating group) is 1. The average Bonchev–Trinajstić information content (AvgIpc) is 2.36. The molecule has 2 amide bonds. The third-order valence-electron chi connectivity index (χ3n) is 2.64. The molecule has 0 radical (unpaired) electrons. The van der Waals surface area contributed by atoms with Crippen LogP contribution in [0.1, 0.15) is 0 Å². The van der Waals surface area contributed by atoms with Crippen LogP contribution in [0.5, 0.6) is 0 Å². The van der Waals surface area contributed by atoms with Crippen molar-refractivity contribution in [3.8, 4) is 12.3 Å². The lowest BCUT2D eigenvalue weighted by Crippen LogP contribution is -2.59. The van der Waals surface area contributed by atoms with E-state index in [0.29, 0.717) is 13.1 Å². The highest BCUT2D eigenvalue weighted by molar-refractivity contribution is 5.83. The van der Waals surface area contributed by atoms with E-state index in [1.807, 2.05) is 4.90 Å². The van der Waals surface area contributed by atoms with Crippen LogP contribution in [0.4, 0.5) is 0 Å². The van der Waals surface area contributed by atoms with Crippen LogP contribution in [0.3, 0.4) is 0 Å². The standard InChI is InChI=1S/C11H18N4O2/c1-3-4-14-10(16)8-15-6-5-13-7-9(15)11(17)12-2/h1,9,13H,4-8H2,2H3,(H,12,17)(H,14,16). The van der Waals surface area contributed by atoms with Crippen molar-refractivity contribution in [1.82, 2.24) is 20.9 Å². The van der Waals surface area contributed by atoms with Crippen LogP contribution in [-0.2, 0) is 9.59 Å². The maximum atomic E-state index is 11.6. The molecule has 1 aliphatic rings. The largest absolute Gasteiger partial charge is 0.358 e. The first-order chi connectivity index (χ1) is 8.19. The van der Waals surface area contributed by atoms with Gasteiger partial charge in [0.15, 0.2) is 0 Å². The summed E-state index contributed by atoms with van der Waals surface area (Å²) in [5.41, 5.74) is 0. The zero-order valence-corrected chi connectivity index (χ0v) is 9.95. The average molecular weight is 238 g/mol. The third-order valence-corrected chi connectivity index (χ3v) is 2.64. The summed E-state index contributed by atoms with van der Waals surface area (Å²) < 4.78 is 0. The van der Waals surface area contributed by atoms with Crippen molar-refractivity contribution >= 4 is 11.8 Å². The van der Waals surface area contributed by atoms with Crippen LogP contribution in [0, 0.1) is 12.3 Å². The van der Waals surface area contributed by atoms with Crippen LogP contribution in [0.25, 0.3) is 0 Å². The first-order valence-corrected chi connectivity index (χ1v) is 5.55. The van der Waals surface area contributed by atoms with Gasteiger partial charge in [0.2, 0.25) is 11.8 Å². The molecule has 1 atom stereocenters. The molecule has 0 aromatic carbocycles. The van der Waals surface area contributed by atoms with E-state index in [-0.39, 0.29) is 30.9 Å². The molecule has 6 nitrogen and oxygen atoms in total. The predicted molar refractivity (Wildman–Crippen MR) is 64.1 cm³/mol. The lowest BCUT2D eigenvalue weighted by molar-refractivity contribution is -0.129. The highest BCUT2D eigenvalue weighted by Crippen LogP contribution is 2.02. The quantitative estimate of drug-likeness (QED) is 0.484. The van der Waals surface area contributed by atoms with E-state index in [4.69, 9.17) is 6.42 Å². The molecule has 3 N–H and O–H groups in total. The van der Waals surface area contributed by atoms with Gasteiger partial charge in [-0.3, -0.25) is 14.5 Å². The third kappa shape index (κ3) is 4.06. The summed E-state index contributed by atoms with van der Waals surface area (Å²) in [6.07, 6.45) is 5.05. The van der Waals surface area contributed by atoms with Gasteiger partial charge in [0.05, 0.1) is 13.1 Å². The van der Waals surface area contributed by atoms with Crippen molar-refractivity contribution in [3.63, 3.8) is 0 Å². The van der Waals surface area contributed by atoms with E-state index in [1.54, 1.807) is 7.05 Å². The molecule has 0 aromatic rings. The highest BCUT2D eigenvalue weighted by atomic mass is 16.2. The Hall–Kier alpha value is -1.58. The normalized spacial score (nSPS) is 20.4. The van der Waals surface area contributed by atoms with Gasteiger partial charge in [-0.1, -0.05) is 5.92 Å². The first kappa shape index (κ1) is 13.5. The first-order valence-electron chi connectivity index (χ1n) is 5.55. The summed E-state index contributed by atoms with van der Waals surface area (Å²) in [5, 5.41) is 8.31. The molecule has 1 unspecified atom stereocenters. The fourth-order valence-corrected chi connectivity index (χ4v) is 1.75. The smallest absolute Gasteiger partial charge is 0.238 e. The second kappa shape index (κ2) is 6.89. The molecular weight excluding hydrogens is 220 g/mol. The molecule has 17 heavy (non-hydrogen) atoms. The van der Waals surface area contributed by atoms with Crippen molar-refractivity contribution in [2.75, 3.05) is 39.8 Å². The van der Waals surface area contributed by atoms with Crippen LogP contribution in [0.15, 0.2) is 0 Å². The zero-order chi connectivity index (χ0) is 12.7. The Bertz CT molecular complexity index is 324. The van der Waals surface area contributed by atoms with Gasteiger partial charge in [-0.15, -0.1) is 6.42 Å². The Morgan fingerprint density at radius 2 is 2.35 bits per heavy atom. The Morgan fingerprint density at radius 3 is 3.00 bits per heavy atom. The monoisotopic (exact) mass is 238 g/mol. The molecule has 0 aliphatic carbocycles. The number of hydrogen-bond donors (Lipinski definition) is 3. The number of rotatable bonds is 4. The molecule has 1 heterocycles. The predicted octanol–water partition coefficient (Wildman–Crippen LogP) is -2.24. The minimum absolute atomic E-state index is 0.0815. The van der Waals surface area contributed by atoms with Crippen molar-refractivity contribution in [2.45, 2.75) is 6.04 Å². The maximum Gasteiger partial charge on any atom is 0.238 e. The van der Waals surface area contributed by atoms with E-state index in [1.165, 1.54) is 0 Å². The van der Waals surface area contributed by atoms with Gasteiger partial charge in [0.25, 0.3) is 0 Å².